The van der Waals surface area contributed by atoms with Crippen molar-refractivity contribution in [1.82, 2.24) is 9.47 Å². The zero-order valence-electron chi connectivity index (χ0n) is 21.3. The van der Waals surface area contributed by atoms with Crippen molar-refractivity contribution in [2.45, 2.75) is 50.6 Å². The van der Waals surface area contributed by atoms with E-state index in [4.69, 9.17) is 9.47 Å². The molecule has 3 aromatic rings. The van der Waals surface area contributed by atoms with Gasteiger partial charge in [-0.05, 0) is 35.6 Å². The SMILES string of the molecule is COc1ccc(CN2CCOCC2)cc1C(C)(C)CC(O)(Cn1ccc(=O)c2ccccc21)C(F)(F)F. The maximum Gasteiger partial charge on any atom is 0.418 e. The Morgan fingerprint density at radius 2 is 1.76 bits per heavy atom. The fraction of sp³-hybridized carbons (Fsp3) is 0.464. The minimum Gasteiger partial charge on any atom is -0.496 e. The van der Waals surface area contributed by atoms with Gasteiger partial charge in [0.2, 0.25) is 0 Å². The molecule has 1 unspecified atom stereocenters. The molecule has 1 aliphatic heterocycles. The van der Waals surface area contributed by atoms with E-state index in [-0.39, 0.29) is 5.43 Å². The van der Waals surface area contributed by atoms with Crippen LogP contribution in [0.1, 0.15) is 31.4 Å². The van der Waals surface area contributed by atoms with Gasteiger partial charge in [-0.15, -0.1) is 0 Å². The molecule has 1 fully saturated rings. The number of pyridine rings is 1. The van der Waals surface area contributed by atoms with Gasteiger partial charge in [-0.25, -0.2) is 0 Å². The molecule has 4 rings (SSSR count). The zero-order chi connectivity index (χ0) is 26.8. The lowest BCUT2D eigenvalue weighted by Crippen LogP contribution is -2.52. The van der Waals surface area contributed by atoms with Gasteiger partial charge in [0.1, 0.15) is 5.75 Å². The largest absolute Gasteiger partial charge is 0.496 e. The second-order valence-electron chi connectivity index (χ2n) is 10.3. The van der Waals surface area contributed by atoms with E-state index in [0.717, 1.165) is 18.7 Å². The minimum atomic E-state index is -4.92. The molecule has 2 aromatic carbocycles. The normalized spacial score (nSPS) is 17.1. The van der Waals surface area contributed by atoms with E-state index in [9.17, 15) is 23.1 Å². The molecular formula is C28H33F3N2O4. The second kappa shape index (κ2) is 10.5. The zero-order valence-corrected chi connectivity index (χ0v) is 21.3. The van der Waals surface area contributed by atoms with Crippen LogP contribution < -0.4 is 10.2 Å². The Morgan fingerprint density at radius 1 is 1.05 bits per heavy atom. The van der Waals surface area contributed by atoms with Gasteiger partial charge >= 0.3 is 6.18 Å². The van der Waals surface area contributed by atoms with E-state index < -0.39 is 30.2 Å². The summed E-state index contributed by atoms with van der Waals surface area (Å²) in [5.74, 6) is 0.467. The van der Waals surface area contributed by atoms with Crippen molar-refractivity contribution >= 4 is 10.9 Å². The number of hydrogen-bond acceptors (Lipinski definition) is 5. The van der Waals surface area contributed by atoms with Crippen LogP contribution in [-0.2, 0) is 23.2 Å². The van der Waals surface area contributed by atoms with Gasteiger partial charge < -0.3 is 19.1 Å². The van der Waals surface area contributed by atoms with Gasteiger partial charge in [0.05, 0.1) is 32.4 Å². The quantitative estimate of drug-likeness (QED) is 0.476. The van der Waals surface area contributed by atoms with E-state index in [1.807, 2.05) is 12.1 Å². The molecule has 0 radical (unpaired) electrons. The average molecular weight is 519 g/mol. The van der Waals surface area contributed by atoms with Crippen molar-refractivity contribution in [2.24, 2.45) is 0 Å². The molecule has 1 aromatic heterocycles. The lowest BCUT2D eigenvalue weighted by Gasteiger charge is -2.39. The van der Waals surface area contributed by atoms with Crippen LogP contribution >= 0.6 is 0 Å². The van der Waals surface area contributed by atoms with Crippen LogP contribution in [0.4, 0.5) is 13.2 Å². The summed E-state index contributed by atoms with van der Waals surface area (Å²) in [4.78, 5) is 14.5. The summed E-state index contributed by atoms with van der Waals surface area (Å²) in [6.07, 6.45) is -4.23. The van der Waals surface area contributed by atoms with Crippen LogP contribution in [0.25, 0.3) is 10.9 Å². The van der Waals surface area contributed by atoms with Gasteiger partial charge in [-0.3, -0.25) is 9.69 Å². The number of rotatable bonds is 8. The predicted molar refractivity (Wildman–Crippen MR) is 136 cm³/mol. The van der Waals surface area contributed by atoms with Crippen molar-refractivity contribution in [2.75, 3.05) is 33.4 Å². The first-order chi connectivity index (χ1) is 17.4. The van der Waals surface area contributed by atoms with Crippen LogP contribution in [0.15, 0.2) is 59.5 Å². The average Bonchev–Trinajstić information content (AvgIpc) is 2.85. The number of fused-ring (bicyclic) bond motifs is 1. The number of para-hydroxylation sites is 1. The van der Waals surface area contributed by atoms with E-state index in [0.29, 0.717) is 42.0 Å². The highest BCUT2D eigenvalue weighted by Crippen LogP contribution is 2.44. The number of alkyl halides is 3. The smallest absolute Gasteiger partial charge is 0.418 e. The first-order valence-corrected chi connectivity index (χ1v) is 12.3. The number of ether oxygens (including phenoxy) is 2. The van der Waals surface area contributed by atoms with E-state index in [2.05, 4.69) is 4.90 Å². The van der Waals surface area contributed by atoms with Crippen LogP contribution in [0, 0.1) is 0 Å². The monoisotopic (exact) mass is 518 g/mol. The molecule has 2 heterocycles. The van der Waals surface area contributed by atoms with Crippen LogP contribution in [-0.4, -0.2) is 59.8 Å². The number of aliphatic hydroxyl groups is 1. The molecule has 0 bridgehead atoms. The van der Waals surface area contributed by atoms with Gasteiger partial charge in [-0.1, -0.05) is 38.1 Å². The summed E-state index contributed by atoms with van der Waals surface area (Å²) in [5, 5.41) is 11.5. The fourth-order valence-corrected chi connectivity index (χ4v) is 5.15. The lowest BCUT2D eigenvalue weighted by atomic mass is 9.74. The van der Waals surface area contributed by atoms with Gasteiger partial charge in [0.25, 0.3) is 0 Å². The lowest BCUT2D eigenvalue weighted by molar-refractivity contribution is -0.271. The molecule has 6 nitrogen and oxygen atoms in total. The number of morpholine rings is 1. The van der Waals surface area contributed by atoms with Crippen molar-refractivity contribution in [3.05, 3.63) is 76.1 Å². The molecule has 0 amide bonds. The molecule has 37 heavy (non-hydrogen) atoms. The summed E-state index contributed by atoms with van der Waals surface area (Å²) >= 11 is 0. The number of halogens is 3. The molecule has 200 valence electrons. The Balaban J connectivity index is 1.69. The molecule has 0 spiro atoms. The summed E-state index contributed by atoms with van der Waals surface area (Å²) in [5.41, 5.74) is -2.59. The summed E-state index contributed by atoms with van der Waals surface area (Å²) in [6.45, 7) is 6.12. The predicted octanol–water partition coefficient (Wildman–Crippen LogP) is 4.50. The Bertz CT molecular complexity index is 1300. The standard InChI is InChI=1S/C28H33F3N2O4/c1-26(2,22-16-20(8-9-25(22)36-3)17-32-12-14-37-15-13-32)18-27(35,28(29,30)31)19-33-11-10-24(34)21-6-4-5-7-23(21)33/h4-11,16,35H,12-15,17-19H2,1-3H3. The van der Waals surface area contributed by atoms with Crippen molar-refractivity contribution in [1.29, 1.82) is 0 Å². The number of methoxy groups -OCH3 is 1. The number of nitrogens with zero attached hydrogens (tertiary/aromatic N) is 2. The van der Waals surface area contributed by atoms with Gasteiger partial charge in [0.15, 0.2) is 11.0 Å². The molecule has 1 saturated heterocycles. The first-order valence-electron chi connectivity index (χ1n) is 12.3. The van der Waals surface area contributed by atoms with Gasteiger partial charge in [0, 0.05) is 42.8 Å². The molecular weight excluding hydrogens is 485 g/mol. The Labute approximate surface area is 214 Å². The van der Waals surface area contributed by atoms with Crippen LogP contribution in [0.5, 0.6) is 5.75 Å². The highest BCUT2D eigenvalue weighted by Gasteiger charge is 2.56. The number of hydrogen-bond donors (Lipinski definition) is 1. The number of benzene rings is 2. The molecule has 0 saturated carbocycles. The number of aromatic nitrogens is 1. The maximum absolute atomic E-state index is 14.5. The Hall–Kier alpha value is -2.88. The highest BCUT2D eigenvalue weighted by molar-refractivity contribution is 5.78. The molecule has 1 aliphatic rings. The minimum absolute atomic E-state index is 0.287. The summed E-state index contributed by atoms with van der Waals surface area (Å²) < 4.78 is 55.8. The van der Waals surface area contributed by atoms with Crippen molar-refractivity contribution in [3.63, 3.8) is 0 Å². The molecule has 0 aliphatic carbocycles. The summed E-state index contributed by atoms with van der Waals surface area (Å²) in [7, 11) is 1.49. The van der Waals surface area contributed by atoms with E-state index in [1.165, 1.54) is 23.9 Å². The third-order valence-corrected chi connectivity index (χ3v) is 7.08. The third kappa shape index (κ3) is 5.84. The topological polar surface area (TPSA) is 63.9 Å². The Kier molecular flexibility index (Phi) is 7.69. The van der Waals surface area contributed by atoms with E-state index in [1.54, 1.807) is 44.2 Å². The van der Waals surface area contributed by atoms with Crippen molar-refractivity contribution in [3.8, 4) is 5.75 Å². The second-order valence-corrected chi connectivity index (χ2v) is 10.3. The highest BCUT2D eigenvalue weighted by atomic mass is 19.4. The summed E-state index contributed by atoms with van der Waals surface area (Å²) in [6, 6.07) is 13.2. The molecule has 1 N–H and O–H groups in total. The Morgan fingerprint density at radius 3 is 2.43 bits per heavy atom. The molecule has 9 heteroatoms. The van der Waals surface area contributed by atoms with Crippen LogP contribution in [0.3, 0.4) is 0 Å². The van der Waals surface area contributed by atoms with Crippen LogP contribution in [0.2, 0.25) is 0 Å². The maximum atomic E-state index is 14.5. The first kappa shape index (κ1) is 27.2. The van der Waals surface area contributed by atoms with Gasteiger partial charge in [-0.2, -0.15) is 13.2 Å². The fourth-order valence-electron chi connectivity index (χ4n) is 5.15. The molecule has 1 atom stereocenters. The third-order valence-electron chi connectivity index (χ3n) is 7.08. The van der Waals surface area contributed by atoms with E-state index >= 15 is 0 Å². The van der Waals surface area contributed by atoms with Crippen molar-refractivity contribution < 1.29 is 27.8 Å².